The molecule has 0 aromatic heterocycles. The number of rotatable bonds is 2. The van der Waals surface area contributed by atoms with Crippen molar-refractivity contribution in [3.8, 4) is 0 Å². The average molecular weight is 203 g/mol. The fourth-order valence-corrected chi connectivity index (χ4v) is 2.86. The Balaban J connectivity index is 2.26. The first-order chi connectivity index (χ1) is 7.22. The Kier molecular flexibility index (Phi) is 3.11. The molecule has 1 nitrogen and oxygen atoms in total. The lowest BCUT2D eigenvalue weighted by Crippen LogP contribution is -2.13. The zero-order valence-corrected chi connectivity index (χ0v) is 10.0. The van der Waals surface area contributed by atoms with Gasteiger partial charge < -0.3 is 4.90 Å². The highest BCUT2D eigenvalue weighted by molar-refractivity contribution is 5.30. The predicted molar refractivity (Wildman–Crippen MR) is 65.2 cm³/mol. The van der Waals surface area contributed by atoms with Crippen LogP contribution >= 0.6 is 0 Å². The van der Waals surface area contributed by atoms with Crippen molar-refractivity contribution in [2.24, 2.45) is 5.92 Å². The van der Waals surface area contributed by atoms with E-state index in [4.69, 9.17) is 0 Å². The van der Waals surface area contributed by atoms with Gasteiger partial charge in [-0.15, -0.1) is 0 Å². The van der Waals surface area contributed by atoms with Gasteiger partial charge >= 0.3 is 0 Å². The standard InChI is InChI=1S/C14H21N/c1-4-12-9-15(3)10-14(12)13-8-6-5-7-11(13)2/h5-8,12,14H,4,9-10H2,1-3H3. The quantitative estimate of drug-likeness (QED) is 0.714. The Morgan fingerprint density at radius 3 is 2.67 bits per heavy atom. The van der Waals surface area contributed by atoms with Crippen LogP contribution in [0.3, 0.4) is 0 Å². The second-order valence-corrected chi connectivity index (χ2v) is 4.85. The summed E-state index contributed by atoms with van der Waals surface area (Å²) in [6, 6.07) is 8.86. The molecule has 0 N–H and O–H groups in total. The van der Waals surface area contributed by atoms with Gasteiger partial charge in [-0.3, -0.25) is 0 Å². The second kappa shape index (κ2) is 4.36. The largest absolute Gasteiger partial charge is 0.305 e. The molecule has 1 aliphatic rings. The van der Waals surface area contributed by atoms with E-state index in [0.29, 0.717) is 0 Å². The smallest absolute Gasteiger partial charge is 0.00506 e. The van der Waals surface area contributed by atoms with Gasteiger partial charge in [0, 0.05) is 19.0 Å². The number of likely N-dealkylation sites (tertiary alicyclic amines) is 1. The Labute approximate surface area is 93.1 Å². The fourth-order valence-electron chi connectivity index (χ4n) is 2.86. The zero-order chi connectivity index (χ0) is 10.8. The SMILES string of the molecule is CCC1CN(C)CC1c1ccccc1C. The molecule has 82 valence electrons. The highest BCUT2D eigenvalue weighted by Gasteiger charge is 2.31. The third kappa shape index (κ3) is 2.07. The summed E-state index contributed by atoms with van der Waals surface area (Å²) >= 11 is 0. The summed E-state index contributed by atoms with van der Waals surface area (Å²) in [4.78, 5) is 2.46. The molecular formula is C14H21N. The summed E-state index contributed by atoms with van der Waals surface area (Å²) < 4.78 is 0. The molecule has 0 radical (unpaired) electrons. The van der Waals surface area contributed by atoms with Crippen LogP contribution in [-0.2, 0) is 0 Å². The predicted octanol–water partition coefficient (Wildman–Crippen LogP) is 3.05. The third-order valence-corrected chi connectivity index (χ3v) is 3.74. The molecule has 1 aromatic rings. The van der Waals surface area contributed by atoms with Crippen molar-refractivity contribution in [1.29, 1.82) is 0 Å². The fraction of sp³-hybridized carbons (Fsp3) is 0.571. The molecule has 2 atom stereocenters. The van der Waals surface area contributed by atoms with E-state index in [1.165, 1.54) is 25.1 Å². The summed E-state index contributed by atoms with van der Waals surface area (Å²) in [5.74, 6) is 1.59. The molecule has 0 bridgehead atoms. The van der Waals surface area contributed by atoms with Gasteiger partial charge in [-0.05, 0) is 31.0 Å². The van der Waals surface area contributed by atoms with Crippen LogP contribution < -0.4 is 0 Å². The highest BCUT2D eigenvalue weighted by Crippen LogP contribution is 2.35. The Morgan fingerprint density at radius 1 is 1.27 bits per heavy atom. The maximum atomic E-state index is 2.46. The van der Waals surface area contributed by atoms with E-state index in [1.54, 1.807) is 5.56 Å². The van der Waals surface area contributed by atoms with Gasteiger partial charge in [0.15, 0.2) is 0 Å². The van der Waals surface area contributed by atoms with Crippen LogP contribution in [0, 0.1) is 12.8 Å². The monoisotopic (exact) mass is 203 g/mol. The van der Waals surface area contributed by atoms with Gasteiger partial charge in [0.25, 0.3) is 0 Å². The zero-order valence-electron chi connectivity index (χ0n) is 10.0. The lowest BCUT2D eigenvalue weighted by molar-refractivity contribution is 0.392. The molecule has 0 spiro atoms. The van der Waals surface area contributed by atoms with E-state index in [2.05, 4.69) is 50.1 Å². The number of hydrogen-bond donors (Lipinski definition) is 0. The summed E-state index contributed by atoms with van der Waals surface area (Å²) in [5, 5.41) is 0. The van der Waals surface area contributed by atoms with Gasteiger partial charge in [-0.2, -0.15) is 0 Å². The van der Waals surface area contributed by atoms with Gasteiger partial charge in [0.2, 0.25) is 0 Å². The normalized spacial score (nSPS) is 27.1. The molecule has 1 fully saturated rings. The molecule has 0 amide bonds. The Hall–Kier alpha value is -0.820. The lowest BCUT2D eigenvalue weighted by atomic mass is 9.85. The molecule has 1 saturated heterocycles. The summed E-state index contributed by atoms with van der Waals surface area (Å²) in [7, 11) is 2.24. The molecule has 2 rings (SSSR count). The van der Waals surface area contributed by atoms with E-state index < -0.39 is 0 Å². The third-order valence-electron chi connectivity index (χ3n) is 3.74. The van der Waals surface area contributed by atoms with Crippen molar-refractivity contribution in [2.75, 3.05) is 20.1 Å². The number of nitrogens with zero attached hydrogens (tertiary/aromatic N) is 1. The van der Waals surface area contributed by atoms with Crippen molar-refractivity contribution >= 4 is 0 Å². The molecule has 1 heteroatoms. The van der Waals surface area contributed by atoms with Crippen LogP contribution in [0.5, 0.6) is 0 Å². The maximum absolute atomic E-state index is 2.46. The number of benzene rings is 1. The van der Waals surface area contributed by atoms with Crippen LogP contribution in [0.4, 0.5) is 0 Å². The topological polar surface area (TPSA) is 3.24 Å². The van der Waals surface area contributed by atoms with E-state index in [0.717, 1.165) is 11.8 Å². The van der Waals surface area contributed by atoms with Gasteiger partial charge in [-0.1, -0.05) is 37.6 Å². The van der Waals surface area contributed by atoms with Crippen molar-refractivity contribution in [3.05, 3.63) is 35.4 Å². The molecule has 15 heavy (non-hydrogen) atoms. The minimum Gasteiger partial charge on any atom is -0.305 e. The van der Waals surface area contributed by atoms with E-state index in [-0.39, 0.29) is 0 Å². The van der Waals surface area contributed by atoms with Crippen molar-refractivity contribution in [3.63, 3.8) is 0 Å². The van der Waals surface area contributed by atoms with Crippen LogP contribution in [0.1, 0.15) is 30.4 Å². The van der Waals surface area contributed by atoms with E-state index in [9.17, 15) is 0 Å². The lowest BCUT2D eigenvalue weighted by Gasteiger charge is -2.19. The van der Waals surface area contributed by atoms with Gasteiger partial charge in [0.1, 0.15) is 0 Å². The average Bonchev–Trinajstić information content (AvgIpc) is 2.60. The van der Waals surface area contributed by atoms with Crippen LogP contribution in [0.25, 0.3) is 0 Å². The summed E-state index contributed by atoms with van der Waals surface area (Å²) in [5.41, 5.74) is 3.02. The second-order valence-electron chi connectivity index (χ2n) is 4.85. The minimum absolute atomic E-state index is 0.751. The van der Waals surface area contributed by atoms with Crippen LogP contribution in [-0.4, -0.2) is 25.0 Å². The molecule has 1 aliphatic heterocycles. The Morgan fingerprint density at radius 2 is 2.00 bits per heavy atom. The Bertz CT molecular complexity index is 332. The van der Waals surface area contributed by atoms with Crippen LogP contribution in [0.2, 0.25) is 0 Å². The van der Waals surface area contributed by atoms with Crippen molar-refractivity contribution < 1.29 is 0 Å². The van der Waals surface area contributed by atoms with E-state index >= 15 is 0 Å². The van der Waals surface area contributed by atoms with E-state index in [1.807, 2.05) is 0 Å². The molecule has 2 unspecified atom stereocenters. The van der Waals surface area contributed by atoms with Crippen molar-refractivity contribution in [1.82, 2.24) is 4.90 Å². The molecule has 0 aliphatic carbocycles. The van der Waals surface area contributed by atoms with Gasteiger partial charge in [-0.25, -0.2) is 0 Å². The highest BCUT2D eigenvalue weighted by atomic mass is 15.1. The first-order valence-electron chi connectivity index (χ1n) is 5.96. The summed E-state index contributed by atoms with van der Waals surface area (Å²) in [6.07, 6.45) is 1.29. The van der Waals surface area contributed by atoms with Crippen molar-refractivity contribution in [2.45, 2.75) is 26.2 Å². The molecule has 1 aromatic carbocycles. The first kappa shape index (κ1) is 10.7. The number of hydrogen-bond acceptors (Lipinski definition) is 1. The first-order valence-corrected chi connectivity index (χ1v) is 5.96. The maximum Gasteiger partial charge on any atom is 0.00506 e. The summed E-state index contributed by atoms with van der Waals surface area (Å²) in [6.45, 7) is 7.04. The molecular weight excluding hydrogens is 182 g/mol. The number of aryl methyl sites for hydroxylation is 1. The molecule has 1 heterocycles. The van der Waals surface area contributed by atoms with Gasteiger partial charge in [0.05, 0.1) is 0 Å². The number of likely N-dealkylation sites (N-methyl/N-ethyl adjacent to an activating group) is 1. The van der Waals surface area contributed by atoms with Crippen LogP contribution in [0.15, 0.2) is 24.3 Å². The minimum atomic E-state index is 0.751. The molecule has 0 saturated carbocycles.